The Morgan fingerprint density at radius 1 is 1.06 bits per heavy atom. The number of amides is 1. The first kappa shape index (κ1) is 21.5. The predicted octanol–water partition coefficient (Wildman–Crippen LogP) is 2.74. The van der Waals surface area contributed by atoms with E-state index in [1.165, 1.54) is 10.6 Å². The zero-order valence-electron chi connectivity index (χ0n) is 18.8. The molecule has 2 saturated heterocycles. The second-order valence-corrected chi connectivity index (χ2v) is 11.4. The molecular weight excluding hydrogens is 454 g/mol. The van der Waals surface area contributed by atoms with Gasteiger partial charge in [-0.2, -0.15) is 0 Å². The van der Waals surface area contributed by atoms with E-state index in [9.17, 15) is 13.2 Å². The number of carbonyl (C=O) groups excluding carboxylic acids is 1. The molecule has 1 unspecified atom stereocenters. The Hall–Kier alpha value is -3.01. The number of hydrogen-bond acceptors (Lipinski definition) is 6. The van der Waals surface area contributed by atoms with Crippen LogP contribution in [0.3, 0.4) is 0 Å². The van der Waals surface area contributed by atoms with Crippen molar-refractivity contribution in [3.8, 4) is 11.1 Å². The van der Waals surface area contributed by atoms with Crippen LogP contribution in [0.5, 0.6) is 0 Å². The van der Waals surface area contributed by atoms with Gasteiger partial charge in [0.15, 0.2) is 5.54 Å². The number of nitrogens with zero attached hydrogens (tertiary/aromatic N) is 3. The molecule has 4 heterocycles. The van der Waals surface area contributed by atoms with Crippen LogP contribution in [0.1, 0.15) is 12.0 Å². The van der Waals surface area contributed by atoms with E-state index in [1.54, 1.807) is 11.2 Å². The predicted molar refractivity (Wildman–Crippen MR) is 128 cm³/mol. The standard InChI is InChI=1S/C25H25N3O5S/c1-34(30,31)27-13-17(14-27)15-28-23(26-25(24(28)29)9-11-32-16-25)19-4-2-18(3-5-19)20-6-7-22-21(12-20)8-10-33-22/h2-8,10,12,17H,9,11,13-16H2,1H3. The Labute approximate surface area is 197 Å². The van der Waals surface area contributed by atoms with Gasteiger partial charge in [-0.3, -0.25) is 9.69 Å². The van der Waals surface area contributed by atoms with Gasteiger partial charge >= 0.3 is 0 Å². The summed E-state index contributed by atoms with van der Waals surface area (Å²) in [6.45, 7) is 2.10. The first-order valence-electron chi connectivity index (χ1n) is 11.4. The Morgan fingerprint density at radius 3 is 2.50 bits per heavy atom. The second kappa shape index (κ2) is 7.76. The minimum absolute atomic E-state index is 0.0488. The molecule has 1 amide bonds. The molecular formula is C25H25N3O5S. The average Bonchev–Trinajstić information content (AvgIpc) is 3.51. The molecule has 3 aliphatic heterocycles. The fraction of sp³-hybridized carbons (Fsp3) is 0.360. The maximum atomic E-state index is 13.4. The molecule has 176 valence electrons. The summed E-state index contributed by atoms with van der Waals surface area (Å²) >= 11 is 0. The van der Waals surface area contributed by atoms with Gasteiger partial charge in [0.25, 0.3) is 5.91 Å². The summed E-state index contributed by atoms with van der Waals surface area (Å²) in [7, 11) is -3.20. The molecule has 3 aliphatic rings. The number of fused-ring (bicyclic) bond motifs is 1. The van der Waals surface area contributed by atoms with E-state index in [4.69, 9.17) is 14.1 Å². The van der Waals surface area contributed by atoms with Gasteiger partial charge in [-0.1, -0.05) is 30.3 Å². The molecule has 0 aliphatic carbocycles. The number of hydrogen-bond donors (Lipinski definition) is 0. The number of carbonyl (C=O) groups is 1. The fourth-order valence-electron chi connectivity index (χ4n) is 4.98. The lowest BCUT2D eigenvalue weighted by atomic mass is 9.97. The van der Waals surface area contributed by atoms with Gasteiger partial charge in [-0.05, 0) is 29.3 Å². The van der Waals surface area contributed by atoms with E-state index in [0.29, 0.717) is 38.5 Å². The monoisotopic (exact) mass is 479 g/mol. The first-order valence-corrected chi connectivity index (χ1v) is 13.2. The molecule has 2 aromatic carbocycles. The molecule has 0 N–H and O–H groups in total. The van der Waals surface area contributed by atoms with Crippen molar-refractivity contribution in [1.82, 2.24) is 9.21 Å². The summed E-state index contributed by atoms with van der Waals surface area (Å²) in [5, 5.41) is 1.05. The van der Waals surface area contributed by atoms with Crippen LogP contribution in [0.25, 0.3) is 22.1 Å². The lowest BCUT2D eigenvalue weighted by Gasteiger charge is -2.39. The van der Waals surface area contributed by atoms with Crippen molar-refractivity contribution >= 4 is 32.7 Å². The van der Waals surface area contributed by atoms with Gasteiger partial charge in [0.1, 0.15) is 11.4 Å². The van der Waals surface area contributed by atoms with Gasteiger partial charge in [-0.15, -0.1) is 0 Å². The van der Waals surface area contributed by atoms with Gasteiger partial charge < -0.3 is 9.15 Å². The van der Waals surface area contributed by atoms with Gasteiger partial charge in [0.2, 0.25) is 10.0 Å². The quantitative estimate of drug-likeness (QED) is 0.561. The van der Waals surface area contributed by atoms with Crippen LogP contribution < -0.4 is 0 Å². The van der Waals surface area contributed by atoms with Gasteiger partial charge in [0.05, 0.1) is 19.1 Å². The molecule has 0 saturated carbocycles. The number of amidine groups is 1. The first-order chi connectivity index (χ1) is 16.3. The lowest BCUT2D eigenvalue weighted by molar-refractivity contribution is -0.131. The third-order valence-corrected chi connectivity index (χ3v) is 8.22. The molecule has 0 bridgehead atoms. The summed E-state index contributed by atoms with van der Waals surface area (Å²) < 4.78 is 35.9. The molecule has 2 fully saturated rings. The van der Waals surface area contributed by atoms with E-state index in [-0.39, 0.29) is 18.4 Å². The number of benzene rings is 2. The lowest BCUT2D eigenvalue weighted by Crippen LogP contribution is -2.55. The summed E-state index contributed by atoms with van der Waals surface area (Å²) in [4.78, 5) is 20.1. The Bertz CT molecular complexity index is 1400. The number of sulfonamides is 1. The van der Waals surface area contributed by atoms with Crippen molar-refractivity contribution in [1.29, 1.82) is 0 Å². The van der Waals surface area contributed by atoms with Crippen LogP contribution in [0, 0.1) is 5.92 Å². The molecule has 0 radical (unpaired) electrons. The highest BCUT2D eigenvalue weighted by Crippen LogP contribution is 2.35. The number of rotatable bonds is 5. The van der Waals surface area contributed by atoms with Gasteiger partial charge in [-0.25, -0.2) is 17.7 Å². The summed E-state index contributed by atoms with van der Waals surface area (Å²) in [5.74, 6) is 0.680. The normalized spacial score (nSPS) is 23.7. The Kier molecular flexibility index (Phi) is 4.91. The summed E-state index contributed by atoms with van der Waals surface area (Å²) in [6, 6.07) is 16.1. The van der Waals surface area contributed by atoms with E-state index < -0.39 is 15.6 Å². The molecule has 6 rings (SSSR count). The molecule has 1 spiro atoms. The maximum Gasteiger partial charge on any atom is 0.258 e. The highest BCUT2D eigenvalue weighted by atomic mass is 32.2. The summed E-state index contributed by atoms with van der Waals surface area (Å²) in [6.07, 6.45) is 3.46. The molecule has 3 aromatic rings. The zero-order chi connectivity index (χ0) is 23.5. The van der Waals surface area contributed by atoms with Crippen molar-refractivity contribution in [3.05, 3.63) is 60.4 Å². The number of ether oxygens (including phenoxy) is 1. The smallest absolute Gasteiger partial charge is 0.258 e. The molecule has 1 aromatic heterocycles. The molecule has 9 heteroatoms. The number of furan rings is 1. The fourth-order valence-corrected chi connectivity index (χ4v) is 5.95. The molecule has 8 nitrogen and oxygen atoms in total. The topological polar surface area (TPSA) is 92.4 Å². The van der Waals surface area contributed by atoms with Crippen molar-refractivity contribution in [3.63, 3.8) is 0 Å². The van der Waals surface area contributed by atoms with Crippen molar-refractivity contribution in [2.75, 3.05) is 39.1 Å². The van der Waals surface area contributed by atoms with Crippen LogP contribution >= 0.6 is 0 Å². The zero-order valence-corrected chi connectivity index (χ0v) is 19.6. The van der Waals surface area contributed by atoms with Crippen LogP contribution in [0.4, 0.5) is 0 Å². The highest BCUT2D eigenvalue weighted by molar-refractivity contribution is 7.88. The minimum Gasteiger partial charge on any atom is -0.464 e. The third kappa shape index (κ3) is 3.55. The molecule has 1 atom stereocenters. The maximum absolute atomic E-state index is 13.4. The Morgan fingerprint density at radius 2 is 1.79 bits per heavy atom. The van der Waals surface area contributed by atoms with Crippen LogP contribution in [0.2, 0.25) is 0 Å². The van der Waals surface area contributed by atoms with E-state index in [1.807, 2.05) is 42.5 Å². The van der Waals surface area contributed by atoms with Crippen molar-refractivity contribution in [2.45, 2.75) is 12.0 Å². The van der Waals surface area contributed by atoms with Crippen molar-refractivity contribution < 1.29 is 22.4 Å². The van der Waals surface area contributed by atoms with E-state index >= 15 is 0 Å². The SMILES string of the molecule is CS(=O)(=O)N1CC(CN2C(=O)C3(CCOC3)N=C2c2ccc(-c3ccc4occc4c3)cc2)C1. The third-order valence-electron chi connectivity index (χ3n) is 6.98. The van der Waals surface area contributed by atoms with E-state index in [0.717, 1.165) is 27.7 Å². The van der Waals surface area contributed by atoms with Crippen LogP contribution in [-0.2, 0) is 19.6 Å². The largest absolute Gasteiger partial charge is 0.464 e. The molecule has 34 heavy (non-hydrogen) atoms. The van der Waals surface area contributed by atoms with Crippen LogP contribution in [0.15, 0.2) is 64.2 Å². The number of aliphatic imine (C=N–C) groups is 1. The highest BCUT2D eigenvalue weighted by Gasteiger charge is 2.52. The minimum atomic E-state index is -3.20. The van der Waals surface area contributed by atoms with Gasteiger partial charge in [0, 0.05) is 49.5 Å². The Balaban J connectivity index is 1.28. The van der Waals surface area contributed by atoms with E-state index in [2.05, 4.69) is 6.07 Å². The van der Waals surface area contributed by atoms with Crippen molar-refractivity contribution in [2.24, 2.45) is 10.9 Å². The average molecular weight is 480 g/mol. The van der Waals surface area contributed by atoms with Crippen LogP contribution in [-0.4, -0.2) is 74.0 Å². The second-order valence-electron chi connectivity index (χ2n) is 9.38. The summed E-state index contributed by atoms with van der Waals surface area (Å²) in [5.41, 5.74) is 3.00.